The Morgan fingerprint density at radius 2 is 1.60 bits per heavy atom. The number of hydrogen-bond donors (Lipinski definition) is 0. The molecule has 0 aromatic rings. The number of allylic oxidation sites excluding steroid dienone is 4. The van der Waals surface area contributed by atoms with Crippen molar-refractivity contribution in [2.24, 2.45) is 0 Å². The van der Waals surface area contributed by atoms with E-state index in [1.54, 1.807) is 0 Å². The van der Waals surface area contributed by atoms with Crippen molar-refractivity contribution in [3.05, 3.63) is 30.7 Å². The van der Waals surface area contributed by atoms with E-state index in [0.717, 1.165) is 0 Å². The Kier molecular flexibility index (Phi) is 4.00. The predicted molar refractivity (Wildman–Crippen MR) is 45.7 cm³/mol. The zero-order valence-corrected chi connectivity index (χ0v) is 6.42. The Bertz CT molecular complexity index is 104. The van der Waals surface area contributed by atoms with Gasteiger partial charge in [-0.1, -0.05) is 37.1 Å². The van der Waals surface area contributed by atoms with Crippen LogP contribution in [0.15, 0.2) is 24.3 Å². The van der Waals surface area contributed by atoms with Gasteiger partial charge in [0.2, 0.25) is 0 Å². The quantitative estimate of drug-likeness (QED) is 0.478. The van der Waals surface area contributed by atoms with Gasteiger partial charge in [0.25, 0.3) is 0 Å². The molecule has 0 saturated carbocycles. The van der Waals surface area contributed by atoms with Gasteiger partial charge >= 0.3 is 0 Å². The van der Waals surface area contributed by atoms with E-state index < -0.39 is 0 Å². The van der Waals surface area contributed by atoms with Crippen LogP contribution in [0.5, 0.6) is 0 Å². The maximum atomic E-state index is 2.25. The largest absolute Gasteiger partial charge is 0.0845 e. The van der Waals surface area contributed by atoms with E-state index in [9.17, 15) is 0 Å². The minimum Gasteiger partial charge on any atom is -0.0845 e. The van der Waals surface area contributed by atoms with Gasteiger partial charge in [0.15, 0.2) is 0 Å². The van der Waals surface area contributed by atoms with Gasteiger partial charge in [-0.15, -0.1) is 0 Å². The van der Waals surface area contributed by atoms with Crippen LogP contribution >= 0.6 is 0 Å². The van der Waals surface area contributed by atoms with Crippen LogP contribution in [0.4, 0.5) is 0 Å². The lowest BCUT2D eigenvalue weighted by Gasteiger charge is -1.97. The van der Waals surface area contributed by atoms with Crippen molar-refractivity contribution in [3.63, 3.8) is 0 Å². The highest BCUT2D eigenvalue weighted by Crippen LogP contribution is 2.07. The topological polar surface area (TPSA) is 0 Å². The molecule has 0 spiro atoms. The van der Waals surface area contributed by atoms with Gasteiger partial charge in [-0.05, 0) is 25.7 Å². The first-order valence-electron chi connectivity index (χ1n) is 4.15. The lowest BCUT2D eigenvalue weighted by Crippen LogP contribution is -1.78. The van der Waals surface area contributed by atoms with E-state index in [4.69, 9.17) is 0 Å². The van der Waals surface area contributed by atoms with Crippen LogP contribution in [0.25, 0.3) is 0 Å². The molecule has 1 rings (SSSR count). The average molecular weight is 135 g/mol. The molecule has 0 nitrogen and oxygen atoms in total. The van der Waals surface area contributed by atoms with Gasteiger partial charge in [0.1, 0.15) is 0 Å². The average Bonchev–Trinajstić information content (AvgIpc) is 2.01. The van der Waals surface area contributed by atoms with Crippen LogP contribution in [-0.4, -0.2) is 0 Å². The smallest absolute Gasteiger partial charge is 0.0167 e. The summed E-state index contributed by atoms with van der Waals surface area (Å²) in [6.07, 6.45) is 17.5. The lowest BCUT2D eigenvalue weighted by molar-refractivity contribution is 0.685. The fourth-order valence-corrected chi connectivity index (χ4v) is 1.11. The molecule has 0 aromatic heterocycles. The molecular formula is C10H15. The molecule has 0 aromatic carbocycles. The summed E-state index contributed by atoms with van der Waals surface area (Å²) >= 11 is 0. The van der Waals surface area contributed by atoms with Crippen LogP contribution in [0.2, 0.25) is 0 Å². The summed E-state index contributed by atoms with van der Waals surface area (Å²) in [5.41, 5.74) is 0. The SMILES string of the molecule is [CH]1/C=C\C=C/CCCCC1. The Balaban J connectivity index is 2.26. The highest BCUT2D eigenvalue weighted by molar-refractivity contribution is 5.07. The normalized spacial score (nSPS) is 27.2. The van der Waals surface area contributed by atoms with Crippen LogP contribution < -0.4 is 0 Å². The summed E-state index contributed by atoms with van der Waals surface area (Å²) in [5, 5.41) is 0. The summed E-state index contributed by atoms with van der Waals surface area (Å²) in [4.78, 5) is 0. The van der Waals surface area contributed by atoms with Gasteiger partial charge < -0.3 is 0 Å². The lowest BCUT2D eigenvalue weighted by atomic mass is 10.1. The molecule has 0 aliphatic heterocycles. The van der Waals surface area contributed by atoms with E-state index in [-0.39, 0.29) is 0 Å². The first-order chi connectivity index (χ1) is 5.00. The van der Waals surface area contributed by atoms with Crippen molar-refractivity contribution in [1.29, 1.82) is 0 Å². The molecule has 0 N–H and O–H groups in total. The van der Waals surface area contributed by atoms with E-state index in [1.165, 1.54) is 32.1 Å². The standard InChI is InChI=1S/C10H15/c1-2-4-6-8-10-9-7-5-3-1/h1-5H,6-10H2/b2-1-,5-3-. The number of rotatable bonds is 0. The summed E-state index contributed by atoms with van der Waals surface area (Å²) in [6.45, 7) is 0. The highest BCUT2D eigenvalue weighted by Gasteiger charge is 1.88. The highest BCUT2D eigenvalue weighted by atomic mass is 13.9. The van der Waals surface area contributed by atoms with E-state index >= 15 is 0 Å². The summed E-state index contributed by atoms with van der Waals surface area (Å²) in [7, 11) is 0. The second-order valence-corrected chi connectivity index (χ2v) is 2.69. The van der Waals surface area contributed by atoms with Crippen molar-refractivity contribution in [1.82, 2.24) is 0 Å². The third-order valence-corrected chi connectivity index (χ3v) is 1.74. The molecule has 0 bridgehead atoms. The van der Waals surface area contributed by atoms with Crippen molar-refractivity contribution in [3.8, 4) is 0 Å². The van der Waals surface area contributed by atoms with Gasteiger partial charge in [0.05, 0.1) is 0 Å². The third-order valence-electron chi connectivity index (χ3n) is 1.74. The molecule has 0 unspecified atom stereocenters. The molecule has 0 fully saturated rings. The van der Waals surface area contributed by atoms with Crippen molar-refractivity contribution < 1.29 is 0 Å². The maximum Gasteiger partial charge on any atom is -0.0167 e. The van der Waals surface area contributed by atoms with Gasteiger partial charge in [-0.2, -0.15) is 0 Å². The molecule has 55 valence electrons. The zero-order chi connectivity index (χ0) is 7.07. The third kappa shape index (κ3) is 3.49. The Morgan fingerprint density at radius 3 is 2.60 bits per heavy atom. The molecule has 0 amide bonds. The predicted octanol–water partition coefficient (Wildman–Crippen LogP) is 3.27. The molecule has 1 aliphatic carbocycles. The fourth-order valence-electron chi connectivity index (χ4n) is 1.11. The Morgan fingerprint density at radius 1 is 0.700 bits per heavy atom. The molecular weight excluding hydrogens is 120 g/mol. The Labute approximate surface area is 63.6 Å². The van der Waals surface area contributed by atoms with Gasteiger partial charge in [-0.25, -0.2) is 0 Å². The van der Waals surface area contributed by atoms with E-state index in [0.29, 0.717) is 0 Å². The first kappa shape index (κ1) is 7.59. The van der Waals surface area contributed by atoms with Crippen LogP contribution in [0, 0.1) is 6.42 Å². The van der Waals surface area contributed by atoms with Crippen LogP contribution in [-0.2, 0) is 0 Å². The molecule has 1 radical (unpaired) electrons. The zero-order valence-electron chi connectivity index (χ0n) is 6.42. The summed E-state index contributed by atoms with van der Waals surface area (Å²) in [6, 6.07) is 0. The second kappa shape index (κ2) is 5.28. The maximum absolute atomic E-state index is 2.25. The minimum atomic E-state index is 1.25. The minimum absolute atomic E-state index is 1.25. The van der Waals surface area contributed by atoms with Crippen LogP contribution in [0.3, 0.4) is 0 Å². The van der Waals surface area contributed by atoms with Gasteiger partial charge in [-0.3, -0.25) is 0 Å². The fraction of sp³-hybridized carbons (Fsp3) is 0.500. The van der Waals surface area contributed by atoms with E-state index in [2.05, 4.69) is 30.7 Å². The summed E-state index contributed by atoms with van der Waals surface area (Å²) < 4.78 is 0. The molecule has 0 atom stereocenters. The molecule has 0 heteroatoms. The molecule has 0 heterocycles. The van der Waals surface area contributed by atoms with Crippen molar-refractivity contribution >= 4 is 0 Å². The number of hydrogen-bond acceptors (Lipinski definition) is 0. The van der Waals surface area contributed by atoms with Crippen molar-refractivity contribution in [2.45, 2.75) is 32.1 Å². The van der Waals surface area contributed by atoms with E-state index in [1.807, 2.05) is 0 Å². The molecule has 10 heavy (non-hydrogen) atoms. The molecule has 1 aliphatic rings. The monoisotopic (exact) mass is 135 g/mol. The summed E-state index contributed by atoms with van der Waals surface area (Å²) in [5.74, 6) is 0. The van der Waals surface area contributed by atoms with Gasteiger partial charge in [0, 0.05) is 0 Å². The second-order valence-electron chi connectivity index (χ2n) is 2.69. The molecule has 0 saturated heterocycles. The van der Waals surface area contributed by atoms with Crippen molar-refractivity contribution in [2.75, 3.05) is 0 Å². The Hall–Kier alpha value is -0.520. The first-order valence-corrected chi connectivity index (χ1v) is 4.15. The van der Waals surface area contributed by atoms with Crippen LogP contribution in [0.1, 0.15) is 32.1 Å².